The van der Waals surface area contributed by atoms with E-state index in [1.165, 1.54) is 5.57 Å². The van der Waals surface area contributed by atoms with Gasteiger partial charge in [0.05, 0.1) is 5.92 Å². The van der Waals surface area contributed by atoms with Crippen LogP contribution in [0.3, 0.4) is 0 Å². The van der Waals surface area contributed by atoms with Crippen LogP contribution >= 0.6 is 8.46 Å². The summed E-state index contributed by atoms with van der Waals surface area (Å²) in [4.78, 5) is 11.5. The summed E-state index contributed by atoms with van der Waals surface area (Å²) in [5.74, 6) is -0.220. The van der Waals surface area contributed by atoms with Crippen molar-refractivity contribution in [3.63, 3.8) is 0 Å². The topological polar surface area (TPSA) is 34.1 Å². The van der Waals surface area contributed by atoms with Crippen LogP contribution in [0.2, 0.25) is 0 Å². The van der Waals surface area contributed by atoms with Crippen molar-refractivity contribution in [3.05, 3.63) is 23.3 Å². The van der Waals surface area contributed by atoms with Gasteiger partial charge in [0.15, 0.2) is 0 Å². The summed E-state index contributed by atoms with van der Waals surface area (Å²) in [5.41, 5.74) is 1.80. The third-order valence-corrected chi connectivity index (χ3v) is 3.11. The average Bonchev–Trinajstić information content (AvgIpc) is 1.99. The molecule has 0 radical (unpaired) electrons. The molecule has 76 valence electrons. The van der Waals surface area contributed by atoms with E-state index in [0.717, 1.165) is 5.57 Å². The maximum atomic E-state index is 11.5. The molecule has 14 heavy (non-hydrogen) atoms. The van der Waals surface area contributed by atoms with E-state index < -0.39 is 8.46 Å². The van der Waals surface area contributed by atoms with Crippen molar-refractivity contribution in [3.8, 4) is 0 Å². The lowest BCUT2D eigenvalue weighted by Gasteiger charge is -2.31. The van der Waals surface area contributed by atoms with E-state index in [2.05, 4.69) is 6.08 Å². The van der Waals surface area contributed by atoms with Gasteiger partial charge >= 0.3 is 14.0 Å². The van der Waals surface area contributed by atoms with Crippen LogP contribution in [-0.2, 0) is 9.36 Å². The Kier molecular flexibility index (Phi) is 3.06. The summed E-state index contributed by atoms with van der Waals surface area (Å²) in [6.07, 6.45) is 4.07. The van der Waals surface area contributed by atoms with Gasteiger partial charge in [-0.05, 0) is 13.8 Å². The summed E-state index contributed by atoms with van der Waals surface area (Å²) >= 11 is 0. The Labute approximate surface area is 86.3 Å². The second-order valence-corrected chi connectivity index (χ2v) is 5.19. The van der Waals surface area contributed by atoms with Gasteiger partial charge in [0.2, 0.25) is 0 Å². The molecule has 2 atom stereocenters. The molecule has 0 amide bonds. The second-order valence-electron chi connectivity index (χ2n) is 4.50. The lowest BCUT2D eigenvalue weighted by molar-refractivity contribution is -0.115. The molecular weight excluding hydrogens is 195 g/mol. The van der Waals surface area contributed by atoms with E-state index in [9.17, 15) is 9.36 Å². The number of carbonyl (C=O) groups excluding carboxylic acids is 1. The molecule has 0 bridgehead atoms. The maximum absolute atomic E-state index is 11.5. The highest BCUT2D eigenvalue weighted by Crippen LogP contribution is 2.41. The number of hydrogen-bond acceptors (Lipinski definition) is 2. The van der Waals surface area contributed by atoms with Crippen LogP contribution in [0.5, 0.6) is 0 Å². The van der Waals surface area contributed by atoms with Crippen LogP contribution in [0.4, 0.5) is 0 Å². The summed E-state index contributed by atoms with van der Waals surface area (Å²) in [7, 11) is -0.852. The fourth-order valence-corrected chi connectivity index (χ4v) is 3.06. The van der Waals surface area contributed by atoms with Gasteiger partial charge in [-0.25, -0.2) is 4.79 Å². The number of allylic oxidation sites excluding steroid dienone is 4. The van der Waals surface area contributed by atoms with Gasteiger partial charge in [-0.15, -0.1) is 0 Å². The predicted octanol–water partition coefficient (Wildman–Crippen LogP) is 3.09. The largest absolute Gasteiger partial charge is 0.401 e. The van der Waals surface area contributed by atoms with Gasteiger partial charge in [-0.3, -0.25) is 0 Å². The van der Waals surface area contributed by atoms with E-state index in [1.54, 1.807) is 0 Å². The summed E-state index contributed by atoms with van der Waals surface area (Å²) in [6, 6.07) is 0. The lowest BCUT2D eigenvalue weighted by atomic mass is 9.71. The van der Waals surface area contributed by atoms with Crippen molar-refractivity contribution < 1.29 is 9.36 Å². The second kappa shape index (κ2) is 3.78. The minimum absolute atomic E-state index is 0.174. The molecule has 0 spiro atoms. The fourth-order valence-electron chi connectivity index (χ4n) is 2.34. The van der Waals surface area contributed by atoms with Crippen LogP contribution in [0.1, 0.15) is 27.7 Å². The highest BCUT2D eigenvalue weighted by molar-refractivity contribution is 7.46. The molecule has 0 fully saturated rings. The molecule has 2 nitrogen and oxygen atoms in total. The van der Waals surface area contributed by atoms with Gasteiger partial charge in [0, 0.05) is 5.41 Å². The Morgan fingerprint density at radius 1 is 1.43 bits per heavy atom. The molecule has 0 aromatic carbocycles. The maximum Gasteiger partial charge on any atom is 0.401 e. The van der Waals surface area contributed by atoms with E-state index in [-0.39, 0.29) is 16.9 Å². The highest BCUT2D eigenvalue weighted by atomic mass is 31.1. The first-order valence-corrected chi connectivity index (χ1v) is 5.59. The first-order chi connectivity index (χ1) is 6.38. The van der Waals surface area contributed by atoms with Crippen molar-refractivity contribution >= 4 is 14.0 Å². The molecule has 1 aliphatic rings. The van der Waals surface area contributed by atoms with Crippen molar-refractivity contribution in [1.29, 1.82) is 0 Å². The van der Waals surface area contributed by atoms with Gasteiger partial charge in [0.25, 0.3) is 0 Å². The molecule has 1 rings (SSSR count). The third-order valence-electron chi connectivity index (χ3n) is 2.62. The van der Waals surface area contributed by atoms with Gasteiger partial charge in [0.1, 0.15) is 0 Å². The molecule has 0 saturated carbocycles. The van der Waals surface area contributed by atoms with Crippen LogP contribution in [-0.4, -0.2) is 5.52 Å². The van der Waals surface area contributed by atoms with E-state index >= 15 is 0 Å². The zero-order valence-corrected chi connectivity index (χ0v) is 10.0. The van der Waals surface area contributed by atoms with Crippen LogP contribution in [0.25, 0.3) is 0 Å². The van der Waals surface area contributed by atoms with E-state index in [0.29, 0.717) is 0 Å². The summed E-state index contributed by atoms with van der Waals surface area (Å²) in [6.45, 7) is 7.97. The smallest absolute Gasteiger partial charge is 0.240 e. The Morgan fingerprint density at radius 3 is 2.43 bits per heavy atom. The Hall–Kier alpha value is -0.750. The Bertz CT molecular complexity index is 337. The minimum atomic E-state index is -0.852. The number of hydrogen-bond donors (Lipinski definition) is 0. The van der Waals surface area contributed by atoms with Gasteiger partial charge in [-0.1, -0.05) is 41.7 Å². The van der Waals surface area contributed by atoms with Crippen molar-refractivity contribution in [1.82, 2.24) is 0 Å². The molecule has 0 aromatic rings. The predicted molar refractivity (Wildman–Crippen MR) is 58.8 cm³/mol. The first-order valence-electron chi connectivity index (χ1n) is 4.68. The first kappa shape index (κ1) is 11.3. The summed E-state index contributed by atoms with van der Waals surface area (Å²) < 4.78 is 10.7. The van der Waals surface area contributed by atoms with Crippen molar-refractivity contribution in [2.24, 2.45) is 11.3 Å². The highest BCUT2D eigenvalue weighted by Gasteiger charge is 2.40. The molecule has 3 heteroatoms. The van der Waals surface area contributed by atoms with E-state index in [1.807, 2.05) is 33.8 Å². The lowest BCUT2D eigenvalue weighted by Crippen LogP contribution is -2.30. The van der Waals surface area contributed by atoms with Crippen LogP contribution in [0, 0.1) is 11.3 Å². The zero-order chi connectivity index (χ0) is 10.9. The zero-order valence-electron chi connectivity index (χ0n) is 9.05. The molecule has 1 aliphatic carbocycles. The monoisotopic (exact) mass is 211 g/mol. The molecule has 0 saturated heterocycles. The quantitative estimate of drug-likeness (QED) is 0.658. The minimum Gasteiger partial charge on any atom is -0.240 e. The van der Waals surface area contributed by atoms with Gasteiger partial charge in [-0.2, -0.15) is 0 Å². The molecule has 0 heterocycles. The third kappa shape index (κ3) is 2.01. The SMILES string of the molecule is CC1=CC(C)(C)C(C(=O)[PH+]=O)C(C)=C1. The van der Waals surface area contributed by atoms with Crippen LogP contribution < -0.4 is 0 Å². The van der Waals surface area contributed by atoms with E-state index in [4.69, 9.17) is 0 Å². The van der Waals surface area contributed by atoms with Crippen molar-refractivity contribution in [2.45, 2.75) is 27.7 Å². The normalized spacial score (nSPS) is 25.6. The number of carbonyl (C=O) groups is 1. The average molecular weight is 211 g/mol. The molecule has 2 unspecified atom stereocenters. The van der Waals surface area contributed by atoms with Crippen molar-refractivity contribution in [2.75, 3.05) is 0 Å². The molecular formula is C11H16O2P+. The standard InChI is InChI=1S/C11H15O2P/c1-7-5-8(2)9(10(12)14-13)11(3,4)6-7/h5-6,9H,1-4H3/p+1. The summed E-state index contributed by atoms with van der Waals surface area (Å²) in [5, 5.41) is 0. The number of rotatable bonds is 2. The molecule has 0 N–H and O–H groups in total. The molecule has 0 aliphatic heterocycles. The fraction of sp³-hybridized carbons (Fsp3) is 0.545. The molecule has 0 aromatic heterocycles. The van der Waals surface area contributed by atoms with Crippen LogP contribution in [0.15, 0.2) is 23.3 Å². The Morgan fingerprint density at radius 2 is 2.00 bits per heavy atom. The van der Waals surface area contributed by atoms with Gasteiger partial charge < -0.3 is 0 Å². The Balaban J connectivity index is 3.14.